The Morgan fingerprint density at radius 1 is 1.45 bits per heavy atom. The van der Waals surface area contributed by atoms with E-state index in [1.165, 1.54) is 12.1 Å². The second kappa shape index (κ2) is 6.79. The van der Waals surface area contributed by atoms with Crippen molar-refractivity contribution in [3.8, 4) is 0 Å². The maximum absolute atomic E-state index is 13.6. The fraction of sp³-hybridized carbons (Fsp3) is 0.533. The molecule has 20 heavy (non-hydrogen) atoms. The standard InChI is InChI=1S/C15H20F2N2O/c1-2-19(13-4-3-7-18-10-13)15(20)8-11-5-6-12(16)9-14(11)17/h5-6,9,13,18H,2-4,7-8,10H2,1H3. The van der Waals surface area contributed by atoms with Gasteiger partial charge in [-0.2, -0.15) is 0 Å². The van der Waals surface area contributed by atoms with Crippen LogP contribution in [-0.4, -0.2) is 36.5 Å². The van der Waals surface area contributed by atoms with Gasteiger partial charge in [0.2, 0.25) is 5.91 Å². The quantitative estimate of drug-likeness (QED) is 0.917. The lowest BCUT2D eigenvalue weighted by Gasteiger charge is -2.34. The van der Waals surface area contributed by atoms with Gasteiger partial charge in [0.1, 0.15) is 11.6 Å². The van der Waals surface area contributed by atoms with Crippen molar-refractivity contribution in [2.24, 2.45) is 0 Å². The molecule has 5 heteroatoms. The van der Waals surface area contributed by atoms with Crippen LogP contribution < -0.4 is 5.32 Å². The highest BCUT2D eigenvalue weighted by molar-refractivity contribution is 5.79. The number of hydrogen-bond donors (Lipinski definition) is 1. The van der Waals surface area contributed by atoms with Crippen molar-refractivity contribution < 1.29 is 13.6 Å². The topological polar surface area (TPSA) is 32.3 Å². The Labute approximate surface area is 118 Å². The third-order valence-electron chi connectivity index (χ3n) is 3.73. The molecule has 1 aromatic rings. The summed E-state index contributed by atoms with van der Waals surface area (Å²) in [5, 5.41) is 3.27. The lowest BCUT2D eigenvalue weighted by atomic mass is 10.0. The molecule has 1 aliphatic heterocycles. The molecule has 1 heterocycles. The lowest BCUT2D eigenvalue weighted by Crippen LogP contribution is -2.49. The van der Waals surface area contributed by atoms with Gasteiger partial charge < -0.3 is 10.2 Å². The molecule has 0 spiro atoms. The van der Waals surface area contributed by atoms with E-state index < -0.39 is 11.6 Å². The van der Waals surface area contributed by atoms with E-state index in [0.29, 0.717) is 6.54 Å². The van der Waals surface area contributed by atoms with Gasteiger partial charge in [0, 0.05) is 25.2 Å². The summed E-state index contributed by atoms with van der Waals surface area (Å²) < 4.78 is 26.5. The Kier molecular flexibility index (Phi) is 5.06. The van der Waals surface area contributed by atoms with Crippen LogP contribution in [0.2, 0.25) is 0 Å². The molecule has 1 saturated heterocycles. The molecule has 2 rings (SSSR count). The average Bonchev–Trinajstić information content (AvgIpc) is 2.44. The smallest absolute Gasteiger partial charge is 0.227 e. The minimum absolute atomic E-state index is 0.0174. The zero-order valence-corrected chi connectivity index (χ0v) is 11.7. The van der Waals surface area contributed by atoms with Crippen LogP contribution in [0.15, 0.2) is 18.2 Å². The molecule has 0 aromatic heterocycles. The molecule has 1 fully saturated rings. The average molecular weight is 282 g/mol. The van der Waals surface area contributed by atoms with Crippen molar-refractivity contribution in [3.63, 3.8) is 0 Å². The SMILES string of the molecule is CCN(C(=O)Cc1ccc(F)cc1F)C1CCCNC1. The summed E-state index contributed by atoms with van der Waals surface area (Å²) in [6.45, 7) is 4.29. The van der Waals surface area contributed by atoms with Gasteiger partial charge >= 0.3 is 0 Å². The van der Waals surface area contributed by atoms with E-state index in [4.69, 9.17) is 0 Å². The number of amides is 1. The highest BCUT2D eigenvalue weighted by Crippen LogP contribution is 2.15. The summed E-state index contributed by atoms with van der Waals surface area (Å²) >= 11 is 0. The molecule has 1 amide bonds. The summed E-state index contributed by atoms with van der Waals surface area (Å²) in [5.74, 6) is -1.38. The van der Waals surface area contributed by atoms with Gasteiger partial charge in [0.05, 0.1) is 6.42 Å². The number of nitrogens with one attached hydrogen (secondary N) is 1. The molecule has 1 aromatic carbocycles. The minimum Gasteiger partial charge on any atom is -0.338 e. The van der Waals surface area contributed by atoms with Crippen LogP contribution in [0.3, 0.4) is 0 Å². The summed E-state index contributed by atoms with van der Waals surface area (Å²) in [5.41, 5.74) is 0.249. The van der Waals surface area contributed by atoms with E-state index in [1.54, 1.807) is 4.90 Å². The van der Waals surface area contributed by atoms with Crippen molar-refractivity contribution in [3.05, 3.63) is 35.4 Å². The Balaban J connectivity index is 2.04. The maximum atomic E-state index is 13.6. The molecule has 1 N–H and O–H groups in total. The minimum atomic E-state index is -0.656. The number of halogens is 2. The summed E-state index contributed by atoms with van der Waals surface area (Å²) in [4.78, 5) is 14.1. The first-order valence-corrected chi connectivity index (χ1v) is 7.06. The number of carbonyl (C=O) groups is 1. The molecule has 0 bridgehead atoms. The molecule has 0 radical (unpaired) electrons. The van der Waals surface area contributed by atoms with E-state index in [1.807, 2.05) is 6.92 Å². The highest BCUT2D eigenvalue weighted by atomic mass is 19.1. The molecule has 1 atom stereocenters. The second-order valence-electron chi connectivity index (χ2n) is 5.09. The lowest BCUT2D eigenvalue weighted by molar-refractivity contribution is -0.133. The highest BCUT2D eigenvalue weighted by Gasteiger charge is 2.24. The summed E-state index contributed by atoms with van der Waals surface area (Å²) in [6.07, 6.45) is 1.99. The molecule has 0 saturated carbocycles. The van der Waals surface area contributed by atoms with Gasteiger partial charge in [-0.25, -0.2) is 8.78 Å². The number of nitrogens with zero attached hydrogens (tertiary/aromatic N) is 1. The van der Waals surface area contributed by atoms with Crippen molar-refractivity contribution in [2.75, 3.05) is 19.6 Å². The molecular formula is C15H20F2N2O. The normalized spacial score (nSPS) is 18.9. The van der Waals surface area contributed by atoms with Crippen LogP contribution in [0.25, 0.3) is 0 Å². The van der Waals surface area contributed by atoms with E-state index in [0.717, 1.165) is 32.0 Å². The van der Waals surface area contributed by atoms with Gasteiger partial charge in [-0.3, -0.25) is 4.79 Å². The Morgan fingerprint density at radius 2 is 2.25 bits per heavy atom. The van der Waals surface area contributed by atoms with Crippen molar-refractivity contribution in [1.82, 2.24) is 10.2 Å². The third kappa shape index (κ3) is 3.54. The number of piperidine rings is 1. The molecule has 0 aliphatic carbocycles. The number of hydrogen-bond acceptors (Lipinski definition) is 2. The maximum Gasteiger partial charge on any atom is 0.227 e. The van der Waals surface area contributed by atoms with Gasteiger partial charge in [0.15, 0.2) is 0 Å². The molecular weight excluding hydrogens is 262 g/mol. The van der Waals surface area contributed by atoms with Crippen LogP contribution in [0, 0.1) is 11.6 Å². The van der Waals surface area contributed by atoms with Crippen LogP contribution in [0.5, 0.6) is 0 Å². The number of rotatable bonds is 4. The molecule has 3 nitrogen and oxygen atoms in total. The fourth-order valence-corrected chi connectivity index (χ4v) is 2.67. The predicted octanol–water partition coefficient (Wildman–Crippen LogP) is 2.11. The van der Waals surface area contributed by atoms with E-state index in [2.05, 4.69) is 5.32 Å². The Bertz CT molecular complexity index is 473. The zero-order valence-electron chi connectivity index (χ0n) is 11.7. The second-order valence-corrected chi connectivity index (χ2v) is 5.09. The van der Waals surface area contributed by atoms with Crippen LogP contribution >= 0.6 is 0 Å². The zero-order chi connectivity index (χ0) is 14.5. The largest absolute Gasteiger partial charge is 0.338 e. The van der Waals surface area contributed by atoms with Gasteiger partial charge in [-0.1, -0.05) is 6.07 Å². The Morgan fingerprint density at radius 3 is 2.85 bits per heavy atom. The van der Waals surface area contributed by atoms with Crippen molar-refractivity contribution in [1.29, 1.82) is 0 Å². The van der Waals surface area contributed by atoms with E-state index in [9.17, 15) is 13.6 Å². The molecule has 110 valence electrons. The van der Waals surface area contributed by atoms with Crippen LogP contribution in [-0.2, 0) is 11.2 Å². The van der Waals surface area contributed by atoms with Crippen LogP contribution in [0.4, 0.5) is 8.78 Å². The number of likely N-dealkylation sites (N-methyl/N-ethyl adjacent to an activating group) is 1. The van der Waals surface area contributed by atoms with Crippen molar-refractivity contribution >= 4 is 5.91 Å². The first-order valence-electron chi connectivity index (χ1n) is 7.06. The summed E-state index contributed by atoms with van der Waals surface area (Å²) in [7, 11) is 0. The van der Waals surface area contributed by atoms with E-state index >= 15 is 0 Å². The van der Waals surface area contributed by atoms with Gasteiger partial charge in [-0.05, 0) is 37.9 Å². The first-order chi connectivity index (χ1) is 9.61. The number of carbonyl (C=O) groups excluding carboxylic acids is 1. The van der Waals surface area contributed by atoms with Gasteiger partial charge in [0.25, 0.3) is 0 Å². The predicted molar refractivity (Wildman–Crippen MR) is 73.3 cm³/mol. The van der Waals surface area contributed by atoms with E-state index in [-0.39, 0.29) is 23.9 Å². The monoisotopic (exact) mass is 282 g/mol. The summed E-state index contributed by atoms with van der Waals surface area (Å²) in [6, 6.07) is 3.52. The molecule has 1 unspecified atom stereocenters. The first kappa shape index (κ1) is 14.9. The van der Waals surface area contributed by atoms with Crippen molar-refractivity contribution in [2.45, 2.75) is 32.2 Å². The fourth-order valence-electron chi connectivity index (χ4n) is 2.67. The van der Waals surface area contributed by atoms with Gasteiger partial charge in [-0.15, -0.1) is 0 Å². The van der Waals surface area contributed by atoms with Crippen LogP contribution in [0.1, 0.15) is 25.3 Å². The Hall–Kier alpha value is -1.49. The third-order valence-corrected chi connectivity index (χ3v) is 3.73. The number of benzene rings is 1. The molecule has 1 aliphatic rings.